The Labute approximate surface area is 212 Å². The van der Waals surface area contributed by atoms with Crippen LogP contribution in [0, 0.1) is 0 Å². The summed E-state index contributed by atoms with van der Waals surface area (Å²) in [6, 6.07) is 20.9. The molecule has 184 valence electrons. The molecule has 0 aromatic heterocycles. The Morgan fingerprint density at radius 3 is 2.25 bits per heavy atom. The lowest BCUT2D eigenvalue weighted by molar-refractivity contribution is -0.128. The lowest BCUT2D eigenvalue weighted by Gasteiger charge is -2.24. The maximum Gasteiger partial charge on any atom is 0.339 e. The van der Waals surface area contributed by atoms with Crippen LogP contribution in [-0.4, -0.2) is 48.6 Å². The van der Waals surface area contributed by atoms with Crippen molar-refractivity contribution >= 4 is 41.2 Å². The first-order valence-corrected chi connectivity index (χ1v) is 12.1. The molecule has 1 atom stereocenters. The van der Waals surface area contributed by atoms with Crippen LogP contribution in [0.5, 0.6) is 0 Å². The Bertz CT molecular complexity index is 1290. The number of esters is 2. The number of carbonyl (C=O) groups excluding carboxylic acids is 4. The van der Waals surface area contributed by atoms with Crippen molar-refractivity contribution in [1.82, 2.24) is 4.90 Å². The first-order chi connectivity index (χ1) is 17.4. The fourth-order valence-corrected chi connectivity index (χ4v) is 5.04. The van der Waals surface area contributed by atoms with E-state index >= 15 is 0 Å². The van der Waals surface area contributed by atoms with Gasteiger partial charge >= 0.3 is 11.9 Å². The monoisotopic (exact) mass is 504 g/mol. The fourth-order valence-electron chi connectivity index (χ4n) is 3.86. The summed E-state index contributed by atoms with van der Waals surface area (Å²) >= 11 is 1.54. The number of carbonyl (C=O) groups is 4. The van der Waals surface area contributed by atoms with Gasteiger partial charge in [0, 0.05) is 12.1 Å². The molecule has 1 heterocycles. The van der Waals surface area contributed by atoms with E-state index in [2.05, 4.69) is 5.32 Å². The second-order valence-corrected chi connectivity index (χ2v) is 9.06. The van der Waals surface area contributed by atoms with Crippen molar-refractivity contribution in [3.63, 3.8) is 0 Å². The number of ether oxygens (including phenoxy) is 2. The van der Waals surface area contributed by atoms with Gasteiger partial charge < -0.3 is 19.7 Å². The minimum Gasteiger partial charge on any atom is -0.465 e. The van der Waals surface area contributed by atoms with Crippen molar-refractivity contribution in [3.05, 3.63) is 101 Å². The van der Waals surface area contributed by atoms with Gasteiger partial charge in [-0.1, -0.05) is 42.5 Å². The number of hydrogen-bond donors (Lipinski definition) is 1. The van der Waals surface area contributed by atoms with Crippen LogP contribution in [0.1, 0.15) is 47.6 Å². The van der Waals surface area contributed by atoms with E-state index in [1.807, 2.05) is 47.4 Å². The van der Waals surface area contributed by atoms with Gasteiger partial charge in [-0.3, -0.25) is 9.59 Å². The molecule has 0 unspecified atom stereocenters. The van der Waals surface area contributed by atoms with Gasteiger partial charge in [0.1, 0.15) is 5.37 Å². The average molecular weight is 505 g/mol. The topological polar surface area (TPSA) is 102 Å². The quantitative estimate of drug-likeness (QED) is 0.479. The highest BCUT2D eigenvalue weighted by Crippen LogP contribution is 2.39. The zero-order chi connectivity index (χ0) is 25.7. The summed E-state index contributed by atoms with van der Waals surface area (Å²) in [5, 5.41) is 2.53. The molecule has 9 heteroatoms. The highest BCUT2D eigenvalue weighted by Gasteiger charge is 2.32. The van der Waals surface area contributed by atoms with E-state index in [4.69, 9.17) is 9.47 Å². The van der Waals surface area contributed by atoms with Gasteiger partial charge in [0.15, 0.2) is 0 Å². The molecule has 36 heavy (non-hydrogen) atoms. The largest absolute Gasteiger partial charge is 0.465 e. The maximum atomic E-state index is 13.0. The molecule has 3 aromatic rings. The summed E-state index contributed by atoms with van der Waals surface area (Å²) in [5.74, 6) is -1.26. The van der Waals surface area contributed by atoms with Crippen molar-refractivity contribution < 1.29 is 28.7 Å². The van der Waals surface area contributed by atoms with E-state index in [1.165, 1.54) is 32.4 Å². The van der Waals surface area contributed by atoms with Crippen LogP contribution in [0.2, 0.25) is 0 Å². The van der Waals surface area contributed by atoms with E-state index in [0.29, 0.717) is 17.9 Å². The summed E-state index contributed by atoms with van der Waals surface area (Å²) in [4.78, 5) is 51.4. The van der Waals surface area contributed by atoms with Crippen molar-refractivity contribution in [2.24, 2.45) is 0 Å². The number of nitrogens with zero attached hydrogens (tertiary/aromatic N) is 1. The van der Waals surface area contributed by atoms with Gasteiger partial charge in [-0.25, -0.2) is 9.59 Å². The summed E-state index contributed by atoms with van der Waals surface area (Å²) in [5.41, 5.74) is 2.71. The number of nitrogens with one attached hydrogen (secondary N) is 1. The number of methoxy groups -OCH3 is 2. The SMILES string of the molecule is COC(=O)c1ccc(C(=O)OC)c(NC(=O)c2ccc([C@H]3SCC(=O)N3Cc3ccccc3)cc2)c1. The summed E-state index contributed by atoms with van der Waals surface area (Å²) in [6.07, 6.45) is 0. The highest BCUT2D eigenvalue weighted by molar-refractivity contribution is 8.00. The third-order valence-corrected chi connectivity index (χ3v) is 6.97. The molecule has 0 radical (unpaired) electrons. The van der Waals surface area contributed by atoms with Crippen LogP contribution in [0.3, 0.4) is 0 Å². The second kappa shape index (κ2) is 11.1. The highest BCUT2D eigenvalue weighted by atomic mass is 32.2. The van der Waals surface area contributed by atoms with Crippen LogP contribution in [-0.2, 0) is 20.8 Å². The van der Waals surface area contributed by atoms with E-state index < -0.39 is 17.8 Å². The van der Waals surface area contributed by atoms with Crippen LogP contribution >= 0.6 is 11.8 Å². The molecule has 3 aromatic carbocycles. The lowest BCUT2D eigenvalue weighted by atomic mass is 10.1. The molecule has 1 aliphatic rings. The third-order valence-electron chi connectivity index (χ3n) is 5.72. The van der Waals surface area contributed by atoms with Crippen molar-refractivity contribution in [2.75, 3.05) is 25.3 Å². The molecular weight excluding hydrogens is 480 g/mol. The van der Waals surface area contributed by atoms with Crippen LogP contribution in [0.25, 0.3) is 0 Å². The molecule has 1 fully saturated rings. The Hall–Kier alpha value is -4.11. The second-order valence-electron chi connectivity index (χ2n) is 7.99. The van der Waals surface area contributed by atoms with E-state index in [9.17, 15) is 19.2 Å². The predicted octanol–water partition coefficient (Wildman–Crippen LogP) is 4.29. The summed E-state index contributed by atoms with van der Waals surface area (Å²) in [6.45, 7) is 0.506. The van der Waals surface area contributed by atoms with Gasteiger partial charge in [-0.15, -0.1) is 11.8 Å². The van der Waals surface area contributed by atoms with Gasteiger partial charge in [0.25, 0.3) is 5.91 Å². The number of rotatable bonds is 7. The number of thioether (sulfide) groups is 1. The molecule has 0 spiro atoms. The first-order valence-electron chi connectivity index (χ1n) is 11.1. The molecule has 8 nitrogen and oxygen atoms in total. The van der Waals surface area contributed by atoms with Gasteiger partial charge in [-0.05, 0) is 41.5 Å². The predicted molar refractivity (Wildman–Crippen MR) is 136 cm³/mol. The number of amides is 2. The molecular formula is C27H24N2O6S. The fraction of sp³-hybridized carbons (Fsp3) is 0.185. The average Bonchev–Trinajstić information content (AvgIpc) is 3.28. The standard InChI is InChI=1S/C27H24N2O6S/c1-34-26(32)20-12-13-21(27(33)35-2)22(14-20)28-24(31)18-8-10-19(11-9-18)25-29(23(30)16-36-25)15-17-6-4-3-5-7-17/h3-14,25H,15-16H2,1-2H3,(H,28,31)/t25-/m1/s1. The number of benzene rings is 3. The van der Waals surface area contributed by atoms with E-state index in [-0.39, 0.29) is 28.1 Å². The first kappa shape index (κ1) is 25.0. The molecule has 1 saturated heterocycles. The summed E-state index contributed by atoms with van der Waals surface area (Å²) in [7, 11) is 2.47. The molecule has 0 saturated carbocycles. The minimum absolute atomic E-state index is 0.0662. The van der Waals surface area contributed by atoms with Crippen molar-refractivity contribution in [1.29, 1.82) is 0 Å². The van der Waals surface area contributed by atoms with Crippen LogP contribution in [0.15, 0.2) is 72.8 Å². The molecule has 1 N–H and O–H groups in total. The van der Waals surface area contributed by atoms with Gasteiger partial charge in [-0.2, -0.15) is 0 Å². The maximum absolute atomic E-state index is 13.0. The molecule has 0 aliphatic carbocycles. The Morgan fingerprint density at radius 2 is 1.58 bits per heavy atom. The normalized spacial score (nSPS) is 14.9. The van der Waals surface area contributed by atoms with Gasteiger partial charge in [0.2, 0.25) is 5.91 Å². The number of hydrogen-bond acceptors (Lipinski definition) is 7. The summed E-state index contributed by atoms with van der Waals surface area (Å²) < 4.78 is 9.51. The molecule has 2 amide bonds. The zero-order valence-corrected chi connectivity index (χ0v) is 20.5. The smallest absolute Gasteiger partial charge is 0.339 e. The van der Waals surface area contributed by atoms with Crippen LogP contribution < -0.4 is 5.32 Å². The van der Waals surface area contributed by atoms with Crippen LogP contribution in [0.4, 0.5) is 5.69 Å². The van der Waals surface area contributed by atoms with E-state index in [0.717, 1.165) is 11.1 Å². The zero-order valence-electron chi connectivity index (χ0n) is 19.7. The molecule has 1 aliphatic heterocycles. The Balaban J connectivity index is 1.53. The van der Waals surface area contributed by atoms with Crippen molar-refractivity contribution in [3.8, 4) is 0 Å². The Kier molecular flexibility index (Phi) is 7.70. The molecule has 4 rings (SSSR count). The van der Waals surface area contributed by atoms with Gasteiger partial charge in [0.05, 0.1) is 36.8 Å². The van der Waals surface area contributed by atoms with Crippen molar-refractivity contribution in [2.45, 2.75) is 11.9 Å². The minimum atomic E-state index is -0.654. The molecule has 0 bridgehead atoms. The number of anilines is 1. The third kappa shape index (κ3) is 5.41. The van der Waals surface area contributed by atoms with E-state index in [1.54, 1.807) is 23.9 Å². The lowest BCUT2D eigenvalue weighted by Crippen LogP contribution is -2.27. The Morgan fingerprint density at radius 1 is 0.917 bits per heavy atom.